The molecule has 5 heteroatoms. The molecule has 0 spiro atoms. The first-order chi connectivity index (χ1) is 10.1. The van der Waals surface area contributed by atoms with Crippen molar-refractivity contribution in [1.82, 2.24) is 9.88 Å². The van der Waals surface area contributed by atoms with Crippen LogP contribution in [0.5, 0.6) is 0 Å². The van der Waals surface area contributed by atoms with Gasteiger partial charge in [0.2, 0.25) is 0 Å². The predicted octanol–water partition coefficient (Wildman–Crippen LogP) is 2.32. The van der Waals surface area contributed by atoms with E-state index in [9.17, 15) is 4.79 Å². The molecule has 0 radical (unpaired) electrons. The molecule has 0 bridgehead atoms. The molecule has 1 saturated heterocycles. The molecule has 5 nitrogen and oxygen atoms in total. The van der Waals surface area contributed by atoms with Crippen LogP contribution in [-0.4, -0.2) is 49.6 Å². The highest BCUT2D eigenvalue weighted by molar-refractivity contribution is 5.90. The number of esters is 1. The highest BCUT2D eigenvalue weighted by Crippen LogP contribution is 2.19. The molecular weight excluding hydrogens is 266 g/mol. The minimum Gasteiger partial charge on any atom is -0.465 e. The van der Waals surface area contributed by atoms with Gasteiger partial charge in [-0.15, -0.1) is 0 Å². The van der Waals surface area contributed by atoms with Crippen LogP contribution in [-0.2, 0) is 4.74 Å². The first kappa shape index (κ1) is 15.8. The van der Waals surface area contributed by atoms with E-state index in [0.717, 1.165) is 18.3 Å². The Hall–Kier alpha value is -1.62. The summed E-state index contributed by atoms with van der Waals surface area (Å²) in [5, 5.41) is 3.35. The third kappa shape index (κ3) is 4.43. The zero-order valence-corrected chi connectivity index (χ0v) is 13.2. The molecule has 1 aliphatic rings. The topological polar surface area (TPSA) is 54.5 Å². The lowest BCUT2D eigenvalue weighted by Gasteiger charge is -2.28. The number of hydrogen-bond acceptors (Lipinski definition) is 5. The highest BCUT2D eigenvalue weighted by atomic mass is 16.5. The fourth-order valence-electron chi connectivity index (χ4n) is 2.74. The van der Waals surface area contributed by atoms with E-state index in [2.05, 4.69) is 22.2 Å². The van der Waals surface area contributed by atoms with E-state index in [-0.39, 0.29) is 5.97 Å². The second kappa shape index (κ2) is 7.41. The molecule has 1 N–H and O–H groups in total. The Bertz CT molecular complexity index is 482. The van der Waals surface area contributed by atoms with Gasteiger partial charge in [0.25, 0.3) is 0 Å². The summed E-state index contributed by atoms with van der Waals surface area (Å²) in [4.78, 5) is 18.3. The summed E-state index contributed by atoms with van der Waals surface area (Å²) < 4.78 is 4.72. The lowest BCUT2D eigenvalue weighted by molar-refractivity contribution is 0.0599. The Morgan fingerprint density at radius 2 is 2.14 bits per heavy atom. The first-order valence-corrected chi connectivity index (χ1v) is 7.58. The summed E-state index contributed by atoms with van der Waals surface area (Å²) >= 11 is 0. The summed E-state index contributed by atoms with van der Waals surface area (Å²) in [6.45, 7) is 5.17. The standard InChI is InChI=1S/C16H25N3O2/c1-12-14(16(20)21-3)4-5-15(18-12)17-9-6-13-7-10-19(2)11-8-13/h4-5,13H,6-11H2,1-3H3,(H,17,18). The number of anilines is 1. The number of methoxy groups -OCH3 is 1. The predicted molar refractivity (Wildman–Crippen MR) is 83.6 cm³/mol. The molecule has 1 aromatic rings. The van der Waals surface area contributed by atoms with Gasteiger partial charge in [-0.2, -0.15) is 0 Å². The van der Waals surface area contributed by atoms with Crippen LogP contribution in [0.4, 0.5) is 5.82 Å². The van der Waals surface area contributed by atoms with Crippen LogP contribution in [0, 0.1) is 12.8 Å². The van der Waals surface area contributed by atoms with Gasteiger partial charge in [0.1, 0.15) is 5.82 Å². The summed E-state index contributed by atoms with van der Waals surface area (Å²) in [7, 11) is 3.57. The molecule has 1 aromatic heterocycles. The van der Waals surface area contributed by atoms with Crippen LogP contribution >= 0.6 is 0 Å². The number of likely N-dealkylation sites (tertiary alicyclic amines) is 1. The van der Waals surface area contributed by atoms with Crippen molar-refractivity contribution < 1.29 is 9.53 Å². The third-order valence-electron chi connectivity index (χ3n) is 4.19. The van der Waals surface area contributed by atoms with Crippen LogP contribution in [0.2, 0.25) is 0 Å². The van der Waals surface area contributed by atoms with Gasteiger partial charge in [-0.25, -0.2) is 9.78 Å². The van der Waals surface area contributed by atoms with Crippen LogP contribution in [0.25, 0.3) is 0 Å². The fraction of sp³-hybridized carbons (Fsp3) is 0.625. The van der Waals surface area contributed by atoms with Gasteiger partial charge in [0.05, 0.1) is 18.4 Å². The number of aromatic nitrogens is 1. The molecule has 1 aliphatic heterocycles. The zero-order chi connectivity index (χ0) is 15.2. The smallest absolute Gasteiger partial charge is 0.339 e. The number of carbonyl (C=O) groups excluding carboxylic acids is 1. The molecule has 0 aromatic carbocycles. The van der Waals surface area contributed by atoms with Gasteiger partial charge in [-0.3, -0.25) is 0 Å². The van der Waals surface area contributed by atoms with E-state index < -0.39 is 0 Å². The van der Waals surface area contributed by atoms with E-state index in [1.54, 1.807) is 6.07 Å². The number of nitrogens with zero attached hydrogens (tertiary/aromatic N) is 2. The van der Waals surface area contributed by atoms with Gasteiger partial charge < -0.3 is 15.0 Å². The maximum Gasteiger partial charge on any atom is 0.339 e. The normalized spacial score (nSPS) is 16.7. The van der Waals surface area contributed by atoms with Gasteiger partial charge in [0.15, 0.2) is 0 Å². The minimum absolute atomic E-state index is 0.335. The SMILES string of the molecule is COC(=O)c1ccc(NCCC2CCN(C)CC2)nc1C. The average molecular weight is 291 g/mol. The largest absolute Gasteiger partial charge is 0.465 e. The molecule has 0 aliphatic carbocycles. The lowest BCUT2D eigenvalue weighted by atomic mass is 9.94. The third-order valence-corrected chi connectivity index (χ3v) is 4.19. The second-order valence-corrected chi connectivity index (χ2v) is 5.78. The molecule has 21 heavy (non-hydrogen) atoms. The Kier molecular flexibility index (Phi) is 5.56. The quantitative estimate of drug-likeness (QED) is 0.844. The van der Waals surface area contributed by atoms with Crippen molar-refractivity contribution in [3.63, 3.8) is 0 Å². The summed E-state index contributed by atoms with van der Waals surface area (Å²) in [6, 6.07) is 3.61. The number of aryl methyl sites for hydroxylation is 1. The van der Waals surface area contributed by atoms with E-state index in [1.165, 1.54) is 39.5 Å². The Morgan fingerprint density at radius 3 is 2.76 bits per heavy atom. The van der Waals surface area contributed by atoms with Crippen LogP contribution < -0.4 is 5.32 Å². The number of pyridine rings is 1. The van der Waals surface area contributed by atoms with E-state index in [1.807, 2.05) is 13.0 Å². The molecule has 0 atom stereocenters. The molecule has 2 rings (SSSR count). The van der Waals surface area contributed by atoms with Crippen molar-refractivity contribution in [2.45, 2.75) is 26.2 Å². The fourth-order valence-corrected chi connectivity index (χ4v) is 2.74. The van der Waals surface area contributed by atoms with Gasteiger partial charge in [0, 0.05) is 6.54 Å². The Balaban J connectivity index is 1.81. The van der Waals surface area contributed by atoms with Crippen molar-refractivity contribution >= 4 is 11.8 Å². The van der Waals surface area contributed by atoms with E-state index >= 15 is 0 Å². The molecule has 116 valence electrons. The number of piperidine rings is 1. The Morgan fingerprint density at radius 1 is 1.43 bits per heavy atom. The van der Waals surface area contributed by atoms with Gasteiger partial charge in [-0.05, 0) is 64.4 Å². The first-order valence-electron chi connectivity index (χ1n) is 7.58. The molecule has 0 amide bonds. The molecule has 0 saturated carbocycles. The number of rotatable bonds is 5. The van der Waals surface area contributed by atoms with E-state index in [0.29, 0.717) is 11.3 Å². The number of ether oxygens (including phenoxy) is 1. The maximum atomic E-state index is 11.5. The summed E-state index contributed by atoms with van der Waals surface area (Å²) in [6.07, 6.45) is 3.74. The van der Waals surface area contributed by atoms with Crippen LogP contribution in [0.1, 0.15) is 35.3 Å². The second-order valence-electron chi connectivity index (χ2n) is 5.78. The van der Waals surface area contributed by atoms with Crippen LogP contribution in [0.15, 0.2) is 12.1 Å². The Labute approximate surface area is 126 Å². The van der Waals surface area contributed by atoms with Crippen molar-refractivity contribution in [2.75, 3.05) is 39.1 Å². The number of nitrogens with one attached hydrogen (secondary N) is 1. The van der Waals surface area contributed by atoms with Crippen LogP contribution in [0.3, 0.4) is 0 Å². The van der Waals surface area contributed by atoms with Crippen molar-refractivity contribution in [1.29, 1.82) is 0 Å². The molecule has 0 unspecified atom stereocenters. The monoisotopic (exact) mass is 291 g/mol. The maximum absolute atomic E-state index is 11.5. The molecular formula is C16H25N3O2. The van der Waals surface area contributed by atoms with Crippen molar-refractivity contribution in [2.24, 2.45) is 5.92 Å². The summed E-state index contributed by atoms with van der Waals surface area (Å²) in [5.41, 5.74) is 1.23. The zero-order valence-electron chi connectivity index (χ0n) is 13.2. The van der Waals surface area contributed by atoms with Gasteiger partial charge in [-0.1, -0.05) is 0 Å². The minimum atomic E-state index is -0.335. The summed E-state index contributed by atoms with van der Waals surface area (Å²) in [5.74, 6) is 1.30. The average Bonchev–Trinajstić information content (AvgIpc) is 2.49. The van der Waals surface area contributed by atoms with Gasteiger partial charge >= 0.3 is 5.97 Å². The number of hydrogen-bond donors (Lipinski definition) is 1. The highest BCUT2D eigenvalue weighted by Gasteiger charge is 2.16. The van der Waals surface area contributed by atoms with Crippen molar-refractivity contribution in [3.8, 4) is 0 Å². The van der Waals surface area contributed by atoms with Crippen molar-refractivity contribution in [3.05, 3.63) is 23.4 Å². The lowest BCUT2D eigenvalue weighted by Crippen LogP contribution is -2.30. The number of carbonyl (C=O) groups is 1. The van der Waals surface area contributed by atoms with E-state index in [4.69, 9.17) is 4.74 Å². The molecule has 2 heterocycles. The molecule has 1 fully saturated rings.